The Kier molecular flexibility index (Phi) is 3.30. The third-order valence-corrected chi connectivity index (χ3v) is 3.70. The van der Waals surface area contributed by atoms with Crippen LogP contribution >= 0.6 is 0 Å². The average molecular weight is 244 g/mol. The number of nitrogens with one attached hydrogen (secondary N) is 2. The summed E-state index contributed by atoms with van der Waals surface area (Å²) in [7, 11) is 2.22. The van der Waals surface area contributed by atoms with Crippen LogP contribution in [-0.2, 0) is 6.42 Å². The average Bonchev–Trinajstić information content (AvgIpc) is 2.78. The van der Waals surface area contributed by atoms with Gasteiger partial charge in [0.1, 0.15) is 0 Å². The number of nitrogens with zero attached hydrogens (tertiary/aromatic N) is 2. The molecule has 1 aromatic carbocycles. The van der Waals surface area contributed by atoms with Gasteiger partial charge in [0.05, 0.1) is 17.4 Å². The van der Waals surface area contributed by atoms with Crippen molar-refractivity contribution in [1.82, 2.24) is 20.2 Å². The molecule has 1 saturated heterocycles. The molecule has 0 bridgehead atoms. The maximum Gasteiger partial charge on any atom is 0.0931 e. The molecule has 0 amide bonds. The van der Waals surface area contributed by atoms with Crippen LogP contribution in [0.25, 0.3) is 11.0 Å². The number of rotatable bonds is 5. The standard InChI is InChI=1S/C14H20N4/c1-18(9-12-7-15-8-12)5-4-11-2-3-13-14(6-11)17-10-16-13/h2-3,6,10,12,15H,4-5,7-9H2,1H3,(H,16,17). The van der Waals surface area contributed by atoms with Crippen molar-refractivity contribution < 1.29 is 0 Å². The van der Waals surface area contributed by atoms with Crippen LogP contribution in [0.4, 0.5) is 0 Å². The number of imidazole rings is 1. The highest BCUT2D eigenvalue weighted by atomic mass is 15.1. The molecule has 4 heteroatoms. The zero-order valence-corrected chi connectivity index (χ0v) is 10.8. The summed E-state index contributed by atoms with van der Waals surface area (Å²) in [5.74, 6) is 0.852. The molecule has 96 valence electrons. The molecule has 0 radical (unpaired) electrons. The van der Waals surface area contributed by atoms with Crippen LogP contribution in [-0.4, -0.2) is 48.1 Å². The Balaban J connectivity index is 1.54. The van der Waals surface area contributed by atoms with E-state index in [1.165, 1.54) is 25.2 Å². The molecule has 1 aliphatic rings. The second kappa shape index (κ2) is 5.08. The molecule has 3 rings (SSSR count). The molecule has 1 aromatic heterocycles. The zero-order chi connectivity index (χ0) is 12.4. The summed E-state index contributed by atoms with van der Waals surface area (Å²) >= 11 is 0. The predicted octanol–water partition coefficient (Wildman–Crippen LogP) is 1.26. The smallest absolute Gasteiger partial charge is 0.0931 e. The number of fused-ring (bicyclic) bond motifs is 1. The van der Waals surface area contributed by atoms with E-state index in [1.54, 1.807) is 6.33 Å². The van der Waals surface area contributed by atoms with Gasteiger partial charge in [-0.15, -0.1) is 0 Å². The molecule has 2 aromatic rings. The van der Waals surface area contributed by atoms with E-state index in [-0.39, 0.29) is 0 Å². The lowest BCUT2D eigenvalue weighted by Gasteiger charge is -2.31. The fourth-order valence-electron chi connectivity index (χ4n) is 2.47. The van der Waals surface area contributed by atoms with Crippen LogP contribution in [0.2, 0.25) is 0 Å². The summed E-state index contributed by atoms with van der Waals surface area (Å²) in [6, 6.07) is 6.49. The summed E-state index contributed by atoms with van der Waals surface area (Å²) in [5.41, 5.74) is 3.57. The minimum atomic E-state index is 0.852. The minimum Gasteiger partial charge on any atom is -0.345 e. The number of aromatic amines is 1. The van der Waals surface area contributed by atoms with E-state index in [0.29, 0.717) is 0 Å². The highest BCUT2D eigenvalue weighted by molar-refractivity contribution is 5.75. The first kappa shape index (κ1) is 11.7. The minimum absolute atomic E-state index is 0.852. The molecule has 1 aliphatic heterocycles. The van der Waals surface area contributed by atoms with E-state index in [0.717, 1.165) is 29.9 Å². The molecule has 0 unspecified atom stereocenters. The second-order valence-corrected chi connectivity index (χ2v) is 5.29. The maximum absolute atomic E-state index is 4.24. The largest absolute Gasteiger partial charge is 0.345 e. The summed E-state index contributed by atoms with van der Waals surface area (Å²) in [6.07, 6.45) is 2.86. The van der Waals surface area contributed by atoms with Crippen molar-refractivity contribution in [3.8, 4) is 0 Å². The molecular weight excluding hydrogens is 224 g/mol. The number of H-pyrrole nitrogens is 1. The van der Waals surface area contributed by atoms with Crippen molar-refractivity contribution in [3.05, 3.63) is 30.1 Å². The fourth-order valence-corrected chi connectivity index (χ4v) is 2.47. The molecule has 18 heavy (non-hydrogen) atoms. The lowest BCUT2D eigenvalue weighted by molar-refractivity contribution is 0.226. The van der Waals surface area contributed by atoms with Crippen LogP contribution in [0, 0.1) is 5.92 Å². The summed E-state index contributed by atoms with van der Waals surface area (Å²) < 4.78 is 0. The van der Waals surface area contributed by atoms with Gasteiger partial charge in [-0.2, -0.15) is 0 Å². The monoisotopic (exact) mass is 244 g/mol. The van der Waals surface area contributed by atoms with E-state index in [2.05, 4.69) is 45.4 Å². The SMILES string of the molecule is CN(CCc1ccc2nc[nH]c2c1)CC1CNC1. The van der Waals surface area contributed by atoms with Gasteiger partial charge in [-0.3, -0.25) is 0 Å². The predicted molar refractivity (Wildman–Crippen MR) is 73.7 cm³/mol. The van der Waals surface area contributed by atoms with Gasteiger partial charge in [0, 0.05) is 26.2 Å². The topological polar surface area (TPSA) is 44.0 Å². The Morgan fingerprint density at radius 3 is 3.06 bits per heavy atom. The normalized spacial score (nSPS) is 16.3. The summed E-state index contributed by atoms with van der Waals surface area (Å²) in [6.45, 7) is 4.70. The number of aromatic nitrogens is 2. The number of hydrogen-bond acceptors (Lipinski definition) is 3. The Bertz CT molecular complexity index is 515. The lowest BCUT2D eigenvalue weighted by atomic mass is 10.0. The molecule has 2 heterocycles. The van der Waals surface area contributed by atoms with Gasteiger partial charge < -0.3 is 15.2 Å². The third-order valence-electron chi connectivity index (χ3n) is 3.70. The molecular formula is C14H20N4. The quantitative estimate of drug-likeness (QED) is 0.832. The van der Waals surface area contributed by atoms with Crippen molar-refractivity contribution in [2.24, 2.45) is 5.92 Å². The van der Waals surface area contributed by atoms with E-state index < -0.39 is 0 Å². The van der Waals surface area contributed by atoms with Gasteiger partial charge in [0.2, 0.25) is 0 Å². The Morgan fingerprint density at radius 1 is 1.39 bits per heavy atom. The first-order valence-electron chi connectivity index (χ1n) is 6.62. The van der Waals surface area contributed by atoms with Gasteiger partial charge in [-0.25, -0.2) is 4.98 Å². The van der Waals surface area contributed by atoms with Gasteiger partial charge in [-0.05, 0) is 37.1 Å². The van der Waals surface area contributed by atoms with E-state index in [4.69, 9.17) is 0 Å². The van der Waals surface area contributed by atoms with Crippen LogP contribution < -0.4 is 5.32 Å². The highest BCUT2D eigenvalue weighted by Crippen LogP contribution is 2.12. The van der Waals surface area contributed by atoms with Crippen molar-refractivity contribution >= 4 is 11.0 Å². The van der Waals surface area contributed by atoms with Gasteiger partial charge in [-0.1, -0.05) is 6.07 Å². The zero-order valence-electron chi connectivity index (χ0n) is 10.8. The molecule has 2 N–H and O–H groups in total. The fraction of sp³-hybridized carbons (Fsp3) is 0.500. The van der Waals surface area contributed by atoms with Crippen molar-refractivity contribution in [2.45, 2.75) is 6.42 Å². The number of hydrogen-bond donors (Lipinski definition) is 2. The molecule has 0 spiro atoms. The van der Waals surface area contributed by atoms with E-state index in [9.17, 15) is 0 Å². The molecule has 0 aliphatic carbocycles. The van der Waals surface area contributed by atoms with Crippen LogP contribution in [0.15, 0.2) is 24.5 Å². The highest BCUT2D eigenvalue weighted by Gasteiger charge is 2.17. The first-order chi connectivity index (χ1) is 8.81. The Morgan fingerprint density at radius 2 is 2.28 bits per heavy atom. The summed E-state index contributed by atoms with van der Waals surface area (Å²) in [5, 5.41) is 3.32. The Hall–Kier alpha value is -1.39. The van der Waals surface area contributed by atoms with Crippen LogP contribution in [0.5, 0.6) is 0 Å². The Labute approximate surface area is 107 Å². The summed E-state index contributed by atoms with van der Waals surface area (Å²) in [4.78, 5) is 9.84. The van der Waals surface area contributed by atoms with Gasteiger partial charge in [0.15, 0.2) is 0 Å². The van der Waals surface area contributed by atoms with Crippen molar-refractivity contribution in [1.29, 1.82) is 0 Å². The van der Waals surface area contributed by atoms with Gasteiger partial charge in [0.25, 0.3) is 0 Å². The maximum atomic E-state index is 4.24. The molecule has 0 saturated carbocycles. The van der Waals surface area contributed by atoms with Gasteiger partial charge >= 0.3 is 0 Å². The second-order valence-electron chi connectivity index (χ2n) is 5.29. The molecule has 1 fully saturated rings. The third kappa shape index (κ3) is 2.54. The first-order valence-corrected chi connectivity index (χ1v) is 6.62. The van der Waals surface area contributed by atoms with Crippen molar-refractivity contribution in [2.75, 3.05) is 33.2 Å². The van der Waals surface area contributed by atoms with Crippen molar-refractivity contribution in [3.63, 3.8) is 0 Å². The van der Waals surface area contributed by atoms with Crippen LogP contribution in [0.1, 0.15) is 5.56 Å². The van der Waals surface area contributed by atoms with E-state index in [1.807, 2.05) is 0 Å². The number of benzene rings is 1. The lowest BCUT2D eigenvalue weighted by Crippen LogP contribution is -2.47. The van der Waals surface area contributed by atoms with E-state index >= 15 is 0 Å². The van der Waals surface area contributed by atoms with Crippen LogP contribution in [0.3, 0.4) is 0 Å². The molecule has 0 atom stereocenters. The number of likely N-dealkylation sites (N-methyl/N-ethyl adjacent to an activating group) is 1. The molecule has 4 nitrogen and oxygen atoms in total.